The second-order valence-electron chi connectivity index (χ2n) is 4.47. The van der Waals surface area contributed by atoms with Crippen LogP contribution in [0.4, 0.5) is 4.39 Å². The van der Waals surface area contributed by atoms with Gasteiger partial charge in [0.2, 0.25) is 0 Å². The van der Waals surface area contributed by atoms with Gasteiger partial charge in [-0.1, -0.05) is 22.0 Å². The van der Waals surface area contributed by atoms with E-state index in [1.54, 1.807) is 0 Å². The maximum Gasteiger partial charge on any atom is 0.341 e. The summed E-state index contributed by atoms with van der Waals surface area (Å²) in [6.07, 6.45) is -1.00. The molecule has 0 saturated heterocycles. The van der Waals surface area contributed by atoms with Crippen LogP contribution in [-0.2, 0) is 16.1 Å². The van der Waals surface area contributed by atoms with E-state index in [0.29, 0.717) is 11.0 Å². The smallest absolute Gasteiger partial charge is 0.341 e. The van der Waals surface area contributed by atoms with E-state index in [-0.39, 0.29) is 5.56 Å². The molecule has 2 rings (SSSR count). The molecule has 2 aromatic rings. The van der Waals surface area contributed by atoms with Crippen LogP contribution in [0.2, 0.25) is 0 Å². The molecular weight excluding hydrogens is 373 g/mol. The number of carbonyl (C=O) groups excluding carboxylic acids is 2. The first-order chi connectivity index (χ1) is 10.5. The first-order valence-corrected chi connectivity index (χ1v) is 8.11. The van der Waals surface area contributed by atoms with E-state index < -0.39 is 23.8 Å². The Labute approximate surface area is 139 Å². The third-order valence-corrected chi connectivity index (χ3v) is 4.19. The third-order valence-electron chi connectivity index (χ3n) is 2.82. The van der Waals surface area contributed by atoms with Crippen molar-refractivity contribution in [1.29, 1.82) is 0 Å². The van der Waals surface area contributed by atoms with E-state index in [1.807, 2.05) is 17.5 Å². The number of thiophene rings is 1. The van der Waals surface area contributed by atoms with Crippen LogP contribution in [0.1, 0.15) is 22.2 Å². The fourth-order valence-electron chi connectivity index (χ4n) is 1.66. The fourth-order valence-corrected chi connectivity index (χ4v) is 2.64. The lowest BCUT2D eigenvalue weighted by atomic mass is 10.2. The number of ether oxygens (including phenoxy) is 1. The zero-order chi connectivity index (χ0) is 16.1. The van der Waals surface area contributed by atoms with Crippen molar-refractivity contribution >= 4 is 39.1 Å². The zero-order valence-electron chi connectivity index (χ0n) is 11.6. The Balaban J connectivity index is 1.91. The summed E-state index contributed by atoms with van der Waals surface area (Å²) in [5, 5.41) is 4.56. The van der Waals surface area contributed by atoms with E-state index in [9.17, 15) is 14.0 Å². The molecule has 7 heteroatoms. The number of hydrogen-bond acceptors (Lipinski definition) is 4. The Bertz CT molecular complexity index is 675. The summed E-state index contributed by atoms with van der Waals surface area (Å²) in [5.74, 6) is -2.01. The van der Waals surface area contributed by atoms with E-state index >= 15 is 0 Å². The molecule has 0 saturated carbocycles. The molecule has 116 valence electrons. The van der Waals surface area contributed by atoms with Gasteiger partial charge >= 0.3 is 5.97 Å². The van der Waals surface area contributed by atoms with Gasteiger partial charge in [-0.25, -0.2) is 9.18 Å². The molecule has 1 aromatic heterocycles. The van der Waals surface area contributed by atoms with Gasteiger partial charge < -0.3 is 10.1 Å². The summed E-state index contributed by atoms with van der Waals surface area (Å²) in [6.45, 7) is 1.81. The summed E-state index contributed by atoms with van der Waals surface area (Å²) < 4.78 is 19.2. The Morgan fingerprint density at radius 1 is 1.41 bits per heavy atom. The minimum atomic E-state index is -1.00. The van der Waals surface area contributed by atoms with E-state index in [2.05, 4.69) is 21.2 Å². The first kappa shape index (κ1) is 16.6. The Morgan fingerprint density at radius 2 is 2.18 bits per heavy atom. The summed E-state index contributed by atoms with van der Waals surface area (Å²) >= 11 is 4.62. The van der Waals surface area contributed by atoms with Crippen LogP contribution >= 0.6 is 27.3 Å². The molecule has 0 bridgehead atoms. The van der Waals surface area contributed by atoms with Crippen LogP contribution in [-0.4, -0.2) is 18.0 Å². The minimum absolute atomic E-state index is 0.207. The first-order valence-electron chi connectivity index (χ1n) is 6.43. The van der Waals surface area contributed by atoms with Crippen LogP contribution < -0.4 is 5.32 Å². The number of rotatable bonds is 5. The number of halogens is 2. The van der Waals surface area contributed by atoms with Crippen molar-refractivity contribution in [1.82, 2.24) is 5.32 Å². The van der Waals surface area contributed by atoms with Crippen molar-refractivity contribution < 1.29 is 18.7 Å². The molecule has 0 aliphatic carbocycles. The van der Waals surface area contributed by atoms with Crippen molar-refractivity contribution in [2.75, 3.05) is 0 Å². The Hall–Kier alpha value is -1.73. The molecule has 0 aliphatic rings. The third kappa shape index (κ3) is 4.38. The second kappa shape index (κ2) is 7.51. The highest BCUT2D eigenvalue weighted by Crippen LogP contribution is 2.16. The topological polar surface area (TPSA) is 55.4 Å². The highest BCUT2D eigenvalue weighted by atomic mass is 79.9. The predicted molar refractivity (Wildman–Crippen MR) is 85.1 cm³/mol. The molecule has 0 aliphatic heterocycles. The lowest BCUT2D eigenvalue weighted by Crippen LogP contribution is -2.35. The molecule has 4 nitrogen and oxygen atoms in total. The Morgan fingerprint density at radius 3 is 2.82 bits per heavy atom. The largest absolute Gasteiger partial charge is 0.449 e. The lowest BCUT2D eigenvalue weighted by molar-refractivity contribution is -0.129. The van der Waals surface area contributed by atoms with Gasteiger partial charge in [0, 0.05) is 9.35 Å². The average molecular weight is 386 g/mol. The monoisotopic (exact) mass is 385 g/mol. The fraction of sp³-hybridized carbons (Fsp3) is 0.200. The predicted octanol–water partition coefficient (Wildman–Crippen LogP) is 3.51. The summed E-state index contributed by atoms with van der Waals surface area (Å²) in [7, 11) is 0. The van der Waals surface area contributed by atoms with E-state index in [0.717, 1.165) is 10.9 Å². The van der Waals surface area contributed by atoms with Crippen molar-refractivity contribution in [3.63, 3.8) is 0 Å². The van der Waals surface area contributed by atoms with Gasteiger partial charge in [-0.2, -0.15) is 0 Å². The maximum absolute atomic E-state index is 13.7. The van der Waals surface area contributed by atoms with Crippen molar-refractivity contribution in [3.8, 4) is 0 Å². The normalized spacial score (nSPS) is 11.8. The van der Waals surface area contributed by atoms with Crippen molar-refractivity contribution in [2.24, 2.45) is 0 Å². The van der Waals surface area contributed by atoms with Gasteiger partial charge in [-0.3, -0.25) is 4.79 Å². The maximum atomic E-state index is 13.7. The molecule has 1 atom stereocenters. The number of carbonyl (C=O) groups is 2. The van der Waals surface area contributed by atoms with Gasteiger partial charge in [-0.05, 0) is 36.6 Å². The van der Waals surface area contributed by atoms with Gasteiger partial charge in [-0.15, -0.1) is 11.3 Å². The molecule has 1 N–H and O–H groups in total. The highest BCUT2D eigenvalue weighted by Gasteiger charge is 2.21. The number of esters is 1. The van der Waals surface area contributed by atoms with Crippen molar-refractivity contribution in [3.05, 3.63) is 56.4 Å². The van der Waals surface area contributed by atoms with Crippen molar-refractivity contribution in [2.45, 2.75) is 19.6 Å². The number of amides is 1. The summed E-state index contributed by atoms with van der Waals surface area (Å²) in [6, 6.07) is 7.77. The SMILES string of the molecule is C[C@H](OC(=O)c1ccc(Br)cc1F)C(=O)NCc1cccs1. The zero-order valence-corrected chi connectivity index (χ0v) is 14.0. The lowest BCUT2D eigenvalue weighted by Gasteiger charge is -2.13. The summed E-state index contributed by atoms with van der Waals surface area (Å²) in [5.41, 5.74) is -0.207. The van der Waals surface area contributed by atoms with Gasteiger partial charge in [0.05, 0.1) is 12.1 Å². The number of hydrogen-bond donors (Lipinski definition) is 1. The molecule has 0 spiro atoms. The highest BCUT2D eigenvalue weighted by molar-refractivity contribution is 9.10. The van der Waals surface area contributed by atoms with E-state index in [4.69, 9.17) is 4.74 Å². The van der Waals surface area contributed by atoms with Crippen LogP contribution in [0.5, 0.6) is 0 Å². The average Bonchev–Trinajstić information content (AvgIpc) is 2.97. The molecular formula is C15H13BrFNO3S. The second-order valence-corrected chi connectivity index (χ2v) is 6.42. The molecule has 22 heavy (non-hydrogen) atoms. The number of nitrogens with one attached hydrogen (secondary N) is 1. The quantitative estimate of drug-likeness (QED) is 0.801. The molecule has 1 heterocycles. The van der Waals surface area contributed by atoms with E-state index in [1.165, 1.54) is 30.4 Å². The van der Waals surface area contributed by atoms with Crippen LogP contribution in [0.25, 0.3) is 0 Å². The molecule has 1 aromatic carbocycles. The number of benzene rings is 1. The summed E-state index contributed by atoms with van der Waals surface area (Å²) in [4.78, 5) is 24.7. The van der Waals surface area contributed by atoms with Gasteiger partial charge in [0.25, 0.3) is 5.91 Å². The van der Waals surface area contributed by atoms with Crippen LogP contribution in [0, 0.1) is 5.82 Å². The van der Waals surface area contributed by atoms with Gasteiger partial charge in [0.1, 0.15) is 5.82 Å². The Kier molecular flexibility index (Phi) is 5.68. The molecule has 0 radical (unpaired) electrons. The molecule has 0 fully saturated rings. The molecule has 0 unspecified atom stereocenters. The minimum Gasteiger partial charge on any atom is -0.449 e. The van der Waals surface area contributed by atoms with Crippen LogP contribution in [0.15, 0.2) is 40.2 Å². The standard InChI is InChI=1S/C15H13BrFNO3S/c1-9(14(19)18-8-11-3-2-6-22-11)21-15(20)12-5-4-10(16)7-13(12)17/h2-7,9H,8H2,1H3,(H,18,19)/t9-/m0/s1. The van der Waals surface area contributed by atoms with Crippen LogP contribution in [0.3, 0.4) is 0 Å². The molecule has 1 amide bonds. The van der Waals surface area contributed by atoms with Gasteiger partial charge in [0.15, 0.2) is 6.10 Å².